The first kappa shape index (κ1) is 25.8. The molecule has 1 atom stereocenters. The number of nitrogens with one attached hydrogen (secondary N) is 1. The van der Waals surface area contributed by atoms with E-state index in [-0.39, 0.29) is 28.4 Å². The van der Waals surface area contributed by atoms with Crippen LogP contribution >= 0.6 is 11.6 Å². The van der Waals surface area contributed by atoms with Crippen LogP contribution in [-0.2, 0) is 6.42 Å². The second-order valence-corrected chi connectivity index (χ2v) is 11.5. The molecule has 3 heterocycles. The topological polar surface area (TPSA) is 65.5 Å². The number of likely N-dealkylation sites (tertiary alicyclic amines) is 1. The number of aromatic nitrogens is 1. The third-order valence-electron chi connectivity index (χ3n) is 8.91. The Kier molecular flexibility index (Phi) is 7.02. The summed E-state index contributed by atoms with van der Waals surface area (Å²) in [4.78, 5) is 34.9. The highest BCUT2D eigenvalue weighted by Crippen LogP contribution is 2.42. The molecule has 6 nitrogen and oxygen atoms in total. The molecule has 39 heavy (non-hydrogen) atoms. The molecule has 0 radical (unpaired) electrons. The summed E-state index contributed by atoms with van der Waals surface area (Å²) in [5, 5.41) is 3.12. The number of nitrogens with zero attached hydrogens (tertiary/aromatic N) is 3. The molecule has 6 rings (SSSR count). The molecule has 2 saturated heterocycles. The van der Waals surface area contributed by atoms with E-state index in [4.69, 9.17) is 11.6 Å². The van der Waals surface area contributed by atoms with Crippen LogP contribution in [0.15, 0.2) is 60.9 Å². The molecule has 0 saturated carbocycles. The number of fused-ring (bicyclic) bond motifs is 1. The first-order valence-electron chi connectivity index (χ1n) is 13.7. The number of aryl methyl sites for hydroxylation is 1. The Morgan fingerprint density at radius 3 is 2.38 bits per heavy atom. The third-order valence-corrected chi connectivity index (χ3v) is 9.23. The molecule has 202 valence electrons. The van der Waals surface area contributed by atoms with Gasteiger partial charge < -0.3 is 15.1 Å². The fourth-order valence-electron chi connectivity index (χ4n) is 6.46. The first-order valence-corrected chi connectivity index (χ1v) is 14.1. The number of rotatable bonds is 4. The molecule has 1 aliphatic carbocycles. The second-order valence-electron chi connectivity index (χ2n) is 11.1. The molecule has 8 heteroatoms. The number of pyridine rings is 1. The highest BCUT2D eigenvalue weighted by Gasteiger charge is 2.39. The lowest BCUT2D eigenvalue weighted by atomic mass is 9.71. The van der Waals surface area contributed by atoms with Crippen LogP contribution in [0, 0.1) is 11.2 Å². The van der Waals surface area contributed by atoms with E-state index in [1.807, 2.05) is 35.5 Å². The number of carbonyl (C=O) groups is 2. The van der Waals surface area contributed by atoms with Gasteiger partial charge in [-0.1, -0.05) is 17.7 Å². The molecule has 1 N–H and O–H groups in total. The number of amides is 2. The average Bonchev–Trinajstić information content (AvgIpc) is 3.35. The summed E-state index contributed by atoms with van der Waals surface area (Å²) in [5.41, 5.74) is 4.57. The van der Waals surface area contributed by atoms with Gasteiger partial charge in [0.15, 0.2) is 0 Å². The molecule has 2 aliphatic heterocycles. The van der Waals surface area contributed by atoms with Crippen LogP contribution in [0.1, 0.15) is 70.0 Å². The zero-order chi connectivity index (χ0) is 27.0. The minimum Gasteiger partial charge on any atom is -0.371 e. The van der Waals surface area contributed by atoms with Crippen molar-refractivity contribution >= 4 is 29.1 Å². The minimum atomic E-state index is -0.482. The van der Waals surface area contributed by atoms with E-state index in [0.29, 0.717) is 11.0 Å². The lowest BCUT2D eigenvalue weighted by Gasteiger charge is -2.47. The maximum absolute atomic E-state index is 13.5. The van der Waals surface area contributed by atoms with Gasteiger partial charge in [0.2, 0.25) is 0 Å². The molecule has 2 aromatic carbocycles. The van der Waals surface area contributed by atoms with Gasteiger partial charge in [-0.2, -0.15) is 0 Å². The summed E-state index contributed by atoms with van der Waals surface area (Å²) < 4.78 is 13.4. The van der Waals surface area contributed by atoms with Crippen LogP contribution in [-0.4, -0.2) is 47.9 Å². The molecule has 3 aromatic rings. The van der Waals surface area contributed by atoms with Gasteiger partial charge in [0.1, 0.15) is 5.82 Å². The van der Waals surface area contributed by atoms with Crippen molar-refractivity contribution in [2.75, 3.05) is 31.1 Å². The predicted molar refractivity (Wildman–Crippen MR) is 150 cm³/mol. The molecule has 1 unspecified atom stereocenters. The van der Waals surface area contributed by atoms with E-state index >= 15 is 0 Å². The van der Waals surface area contributed by atoms with Gasteiger partial charge >= 0.3 is 0 Å². The molecule has 2 fully saturated rings. The first-order chi connectivity index (χ1) is 18.9. The number of anilines is 1. The predicted octanol–water partition coefficient (Wildman–Crippen LogP) is 5.81. The fraction of sp³-hybridized carbons (Fsp3) is 0.387. The maximum atomic E-state index is 13.5. The Labute approximate surface area is 233 Å². The zero-order valence-electron chi connectivity index (χ0n) is 21.8. The van der Waals surface area contributed by atoms with Crippen LogP contribution in [0.3, 0.4) is 0 Å². The largest absolute Gasteiger partial charge is 0.371 e. The van der Waals surface area contributed by atoms with Gasteiger partial charge in [-0.15, -0.1) is 0 Å². The van der Waals surface area contributed by atoms with E-state index in [1.165, 1.54) is 17.8 Å². The maximum Gasteiger partial charge on any atom is 0.253 e. The lowest BCUT2D eigenvalue weighted by Crippen LogP contribution is -2.48. The van der Waals surface area contributed by atoms with Crippen LogP contribution < -0.4 is 10.2 Å². The van der Waals surface area contributed by atoms with Gasteiger partial charge in [-0.05, 0) is 97.5 Å². The summed E-state index contributed by atoms with van der Waals surface area (Å²) in [6, 6.07) is 13.6. The fourth-order valence-corrected chi connectivity index (χ4v) is 6.71. The van der Waals surface area contributed by atoms with Gasteiger partial charge in [-0.25, -0.2) is 4.39 Å². The SMILES string of the molecule is O=C(NC1CCc2ccc(C(=O)N3CCC4(CC3)CCN(c3ccncc3)CC4)cc21)c1ccc(F)cc1Cl. The molecule has 3 aliphatic rings. The van der Waals surface area contributed by atoms with Gasteiger partial charge in [0.25, 0.3) is 11.8 Å². The summed E-state index contributed by atoms with van der Waals surface area (Å²) in [6.07, 6.45) is 9.64. The molecule has 1 aromatic heterocycles. The molecular weight excluding hydrogens is 515 g/mol. The highest BCUT2D eigenvalue weighted by atomic mass is 35.5. The monoisotopic (exact) mass is 546 g/mol. The van der Waals surface area contributed by atoms with E-state index in [1.54, 1.807) is 0 Å². The number of hydrogen-bond donors (Lipinski definition) is 1. The molecule has 1 spiro atoms. The summed E-state index contributed by atoms with van der Waals surface area (Å²) in [6.45, 7) is 3.63. The number of halogens is 2. The smallest absolute Gasteiger partial charge is 0.253 e. The molecule has 2 amide bonds. The second kappa shape index (κ2) is 10.6. The van der Waals surface area contributed by atoms with Crippen LogP contribution in [0.5, 0.6) is 0 Å². The van der Waals surface area contributed by atoms with E-state index in [0.717, 1.165) is 81.9 Å². The summed E-state index contributed by atoms with van der Waals surface area (Å²) in [7, 11) is 0. The van der Waals surface area contributed by atoms with Crippen molar-refractivity contribution < 1.29 is 14.0 Å². The number of benzene rings is 2. The van der Waals surface area contributed by atoms with Crippen molar-refractivity contribution in [3.8, 4) is 0 Å². The standard InChI is InChI=1S/C31H32ClFN4O2/c32-27-20-23(33)4-5-25(27)29(38)35-28-6-3-21-1-2-22(19-26(21)28)30(39)37-17-11-31(12-18-37)9-15-36(16-10-31)24-7-13-34-14-8-24/h1-2,4-5,7-8,13-14,19-20,28H,3,6,9-12,15-18H2,(H,35,38). The average molecular weight is 547 g/mol. The lowest BCUT2D eigenvalue weighted by molar-refractivity contribution is 0.0515. The Morgan fingerprint density at radius 2 is 1.67 bits per heavy atom. The van der Waals surface area contributed by atoms with E-state index < -0.39 is 5.82 Å². The van der Waals surface area contributed by atoms with Crippen molar-refractivity contribution in [3.63, 3.8) is 0 Å². The Morgan fingerprint density at radius 1 is 0.949 bits per heavy atom. The van der Waals surface area contributed by atoms with E-state index in [9.17, 15) is 14.0 Å². The van der Waals surface area contributed by atoms with Gasteiger partial charge in [-0.3, -0.25) is 14.6 Å². The van der Waals surface area contributed by atoms with Crippen molar-refractivity contribution in [1.82, 2.24) is 15.2 Å². The normalized spacial score (nSPS) is 20.1. The summed E-state index contributed by atoms with van der Waals surface area (Å²) in [5.74, 6) is -0.767. The number of hydrogen-bond acceptors (Lipinski definition) is 4. The zero-order valence-corrected chi connectivity index (χ0v) is 22.6. The Bertz CT molecular complexity index is 1380. The number of piperidine rings is 2. The van der Waals surface area contributed by atoms with Crippen molar-refractivity contribution in [3.05, 3.63) is 94.0 Å². The minimum absolute atomic E-state index is 0.0560. The number of carbonyl (C=O) groups excluding carboxylic acids is 2. The Hall–Kier alpha value is -3.45. The van der Waals surface area contributed by atoms with Gasteiger partial charge in [0.05, 0.1) is 16.6 Å². The third kappa shape index (κ3) is 5.24. The Balaban J connectivity index is 1.08. The molecule has 0 bridgehead atoms. The van der Waals surface area contributed by atoms with Gasteiger partial charge in [0, 0.05) is 49.8 Å². The van der Waals surface area contributed by atoms with Crippen molar-refractivity contribution in [2.24, 2.45) is 5.41 Å². The van der Waals surface area contributed by atoms with Crippen molar-refractivity contribution in [1.29, 1.82) is 0 Å². The van der Waals surface area contributed by atoms with Crippen LogP contribution in [0.2, 0.25) is 5.02 Å². The summed E-state index contributed by atoms with van der Waals surface area (Å²) >= 11 is 6.10. The van der Waals surface area contributed by atoms with Crippen LogP contribution in [0.25, 0.3) is 0 Å². The quantitative estimate of drug-likeness (QED) is 0.448. The van der Waals surface area contributed by atoms with Crippen molar-refractivity contribution in [2.45, 2.75) is 44.6 Å². The molecular formula is C31H32ClFN4O2. The highest BCUT2D eigenvalue weighted by molar-refractivity contribution is 6.33. The van der Waals surface area contributed by atoms with Crippen LogP contribution in [0.4, 0.5) is 10.1 Å². The van der Waals surface area contributed by atoms with E-state index in [2.05, 4.69) is 27.3 Å².